The molecule has 0 saturated heterocycles. The van der Waals surface area contributed by atoms with Crippen molar-refractivity contribution in [2.45, 2.75) is 18.4 Å². The second-order valence-electron chi connectivity index (χ2n) is 6.53. The van der Waals surface area contributed by atoms with Crippen molar-refractivity contribution in [1.29, 1.82) is 0 Å². The zero-order valence-electron chi connectivity index (χ0n) is 15.7. The van der Waals surface area contributed by atoms with E-state index in [0.29, 0.717) is 0 Å². The fraction of sp³-hybridized carbons (Fsp3) is 0.167. The summed E-state index contributed by atoms with van der Waals surface area (Å²) in [7, 11) is 1.34. The van der Waals surface area contributed by atoms with Gasteiger partial charge in [0.15, 0.2) is 0 Å². The van der Waals surface area contributed by atoms with Crippen molar-refractivity contribution in [2.75, 3.05) is 7.11 Å². The average Bonchev–Trinajstić information content (AvgIpc) is 2.75. The number of benzene rings is 3. The van der Waals surface area contributed by atoms with Gasteiger partial charge in [-0.25, -0.2) is 4.79 Å². The number of ether oxygens (including phenoxy) is 1. The second-order valence-corrected chi connectivity index (χ2v) is 6.53. The van der Waals surface area contributed by atoms with Gasteiger partial charge in [0, 0.05) is 5.92 Å². The molecule has 3 rings (SSSR count). The van der Waals surface area contributed by atoms with Gasteiger partial charge in [0.05, 0.1) is 13.5 Å². The molecule has 28 heavy (non-hydrogen) atoms. The third kappa shape index (κ3) is 4.86. The first-order chi connectivity index (χ1) is 13.7. The molecule has 1 atom stereocenters. The quantitative estimate of drug-likeness (QED) is 0.642. The molecule has 142 valence electrons. The molecule has 0 aliphatic carbocycles. The summed E-state index contributed by atoms with van der Waals surface area (Å²) in [5.74, 6) is -1.05. The van der Waals surface area contributed by atoms with E-state index in [1.165, 1.54) is 7.11 Å². The highest BCUT2D eigenvalue weighted by molar-refractivity contribution is 5.87. The maximum atomic E-state index is 12.7. The number of rotatable bonds is 7. The summed E-state index contributed by atoms with van der Waals surface area (Å²) < 4.78 is 5.03. The van der Waals surface area contributed by atoms with Gasteiger partial charge in [-0.15, -0.1) is 0 Å². The van der Waals surface area contributed by atoms with Crippen LogP contribution in [0.2, 0.25) is 0 Å². The lowest BCUT2D eigenvalue weighted by Gasteiger charge is -2.27. The van der Waals surface area contributed by atoms with Crippen LogP contribution in [0.5, 0.6) is 0 Å². The van der Waals surface area contributed by atoms with Crippen LogP contribution in [0, 0.1) is 0 Å². The third-order valence-electron chi connectivity index (χ3n) is 4.63. The van der Waals surface area contributed by atoms with Crippen molar-refractivity contribution in [2.24, 2.45) is 0 Å². The predicted molar refractivity (Wildman–Crippen MR) is 109 cm³/mol. The molecule has 0 aliphatic heterocycles. The molecule has 0 fully saturated rings. The molecule has 0 aliphatic rings. The summed E-state index contributed by atoms with van der Waals surface area (Å²) in [6, 6.07) is 28.0. The Labute approximate surface area is 165 Å². The molecule has 0 aromatic heterocycles. The van der Waals surface area contributed by atoms with E-state index in [1.807, 2.05) is 91.0 Å². The summed E-state index contributed by atoms with van der Waals surface area (Å²) >= 11 is 0. The number of esters is 1. The van der Waals surface area contributed by atoms with Gasteiger partial charge in [0.2, 0.25) is 5.91 Å². The monoisotopic (exact) mass is 373 g/mol. The topological polar surface area (TPSA) is 55.4 Å². The molecule has 0 heterocycles. The van der Waals surface area contributed by atoms with Crippen LogP contribution >= 0.6 is 0 Å². The largest absolute Gasteiger partial charge is 0.467 e. The van der Waals surface area contributed by atoms with Crippen molar-refractivity contribution >= 4 is 11.9 Å². The molecule has 1 N–H and O–H groups in total. The highest BCUT2D eigenvalue weighted by Crippen LogP contribution is 2.29. The van der Waals surface area contributed by atoms with Crippen LogP contribution in [0.25, 0.3) is 0 Å². The number of amides is 1. The minimum Gasteiger partial charge on any atom is -0.467 e. The summed E-state index contributed by atoms with van der Waals surface area (Å²) in [5, 5.41) is 2.90. The number of nitrogens with one attached hydrogen (secondary N) is 1. The Kier molecular flexibility index (Phi) is 6.58. The van der Waals surface area contributed by atoms with E-state index >= 15 is 0 Å². The Morgan fingerprint density at radius 2 is 1.25 bits per heavy atom. The zero-order chi connectivity index (χ0) is 19.8. The van der Waals surface area contributed by atoms with Crippen molar-refractivity contribution in [3.05, 3.63) is 108 Å². The van der Waals surface area contributed by atoms with E-state index in [-0.39, 0.29) is 18.2 Å². The average molecular weight is 373 g/mol. The Morgan fingerprint density at radius 1 is 0.786 bits per heavy atom. The predicted octanol–water partition coefficient (Wildman–Crippen LogP) is 3.72. The normalized spacial score (nSPS) is 11.6. The number of hydrogen-bond donors (Lipinski definition) is 1. The molecule has 0 spiro atoms. The second kappa shape index (κ2) is 9.51. The van der Waals surface area contributed by atoms with Gasteiger partial charge < -0.3 is 10.1 Å². The molecule has 0 saturated carbocycles. The maximum Gasteiger partial charge on any atom is 0.329 e. The number of methoxy groups -OCH3 is 1. The minimum absolute atomic E-state index is 0.199. The van der Waals surface area contributed by atoms with Crippen LogP contribution in [0.4, 0.5) is 0 Å². The van der Waals surface area contributed by atoms with Crippen molar-refractivity contribution in [3.8, 4) is 0 Å². The molecule has 3 aromatic carbocycles. The lowest BCUT2D eigenvalue weighted by atomic mass is 9.85. The van der Waals surface area contributed by atoms with Crippen molar-refractivity contribution in [3.63, 3.8) is 0 Å². The number of carbonyl (C=O) groups is 2. The van der Waals surface area contributed by atoms with E-state index in [4.69, 9.17) is 4.74 Å². The first kappa shape index (κ1) is 19.4. The summed E-state index contributed by atoms with van der Waals surface area (Å²) in [6.07, 6.45) is 0.199. The van der Waals surface area contributed by atoms with Crippen LogP contribution < -0.4 is 5.32 Å². The summed E-state index contributed by atoms with van der Waals surface area (Å²) in [4.78, 5) is 25.3. The van der Waals surface area contributed by atoms with Gasteiger partial charge in [-0.3, -0.25) is 4.79 Å². The lowest BCUT2D eigenvalue weighted by molar-refractivity contribution is -0.145. The van der Waals surface area contributed by atoms with Crippen LogP contribution in [0.15, 0.2) is 91.0 Å². The van der Waals surface area contributed by atoms with Gasteiger partial charge >= 0.3 is 5.97 Å². The minimum atomic E-state index is -0.828. The molecule has 4 nitrogen and oxygen atoms in total. The summed E-state index contributed by atoms with van der Waals surface area (Å²) in [5.41, 5.74) is 2.76. The smallest absolute Gasteiger partial charge is 0.329 e. The molecule has 1 amide bonds. The van der Waals surface area contributed by atoms with Crippen molar-refractivity contribution in [1.82, 2.24) is 5.32 Å². The van der Waals surface area contributed by atoms with E-state index < -0.39 is 12.0 Å². The fourth-order valence-electron chi connectivity index (χ4n) is 3.31. The van der Waals surface area contributed by atoms with E-state index in [9.17, 15) is 9.59 Å². The molecule has 0 bridgehead atoms. The van der Waals surface area contributed by atoms with Crippen LogP contribution in [0.1, 0.15) is 22.6 Å². The highest BCUT2D eigenvalue weighted by atomic mass is 16.5. The Balaban J connectivity index is 1.92. The Hall–Kier alpha value is -3.40. The molecular weight excluding hydrogens is 350 g/mol. The molecule has 4 heteroatoms. The van der Waals surface area contributed by atoms with Crippen LogP contribution in [-0.2, 0) is 20.7 Å². The van der Waals surface area contributed by atoms with Gasteiger partial charge in [0.25, 0.3) is 0 Å². The van der Waals surface area contributed by atoms with Gasteiger partial charge in [-0.2, -0.15) is 0 Å². The Morgan fingerprint density at radius 3 is 1.71 bits per heavy atom. The van der Waals surface area contributed by atoms with Crippen LogP contribution in [0.3, 0.4) is 0 Å². The van der Waals surface area contributed by atoms with Gasteiger partial charge in [0.1, 0.15) is 6.04 Å². The molecule has 0 unspecified atom stereocenters. The zero-order valence-corrected chi connectivity index (χ0v) is 15.7. The number of carbonyl (C=O) groups excluding carboxylic acids is 2. The van der Waals surface area contributed by atoms with Crippen molar-refractivity contribution < 1.29 is 14.3 Å². The SMILES string of the molecule is COC(=O)[C@H](NC(=O)Cc1ccccc1)C(c1ccccc1)c1ccccc1. The standard InChI is InChI=1S/C24H23NO3/c1-28-24(27)23(25-21(26)17-18-11-5-2-6-12-18)22(19-13-7-3-8-14-19)20-15-9-4-10-16-20/h2-16,22-23H,17H2,1H3,(H,25,26)/t23-/m1/s1. The molecule has 3 aromatic rings. The first-order valence-corrected chi connectivity index (χ1v) is 9.20. The van der Waals surface area contributed by atoms with E-state index in [2.05, 4.69) is 5.32 Å². The Bertz CT molecular complexity index is 855. The maximum absolute atomic E-state index is 12.7. The van der Waals surface area contributed by atoms with Crippen LogP contribution in [-0.4, -0.2) is 25.0 Å². The molecule has 0 radical (unpaired) electrons. The van der Waals surface area contributed by atoms with Gasteiger partial charge in [-0.05, 0) is 16.7 Å². The lowest BCUT2D eigenvalue weighted by Crippen LogP contribution is -2.46. The number of hydrogen-bond acceptors (Lipinski definition) is 3. The summed E-state index contributed by atoms with van der Waals surface area (Å²) in [6.45, 7) is 0. The molecular formula is C24H23NO3. The first-order valence-electron chi connectivity index (χ1n) is 9.20. The third-order valence-corrected chi connectivity index (χ3v) is 4.63. The van der Waals surface area contributed by atoms with Gasteiger partial charge in [-0.1, -0.05) is 91.0 Å². The van der Waals surface area contributed by atoms with E-state index in [1.54, 1.807) is 0 Å². The fourth-order valence-corrected chi connectivity index (χ4v) is 3.31. The van der Waals surface area contributed by atoms with E-state index in [0.717, 1.165) is 16.7 Å². The highest BCUT2D eigenvalue weighted by Gasteiger charge is 2.33.